The van der Waals surface area contributed by atoms with Crippen molar-refractivity contribution >= 4 is 35.1 Å². The Kier molecular flexibility index (Phi) is 6.57. The van der Waals surface area contributed by atoms with Crippen LogP contribution in [0.5, 0.6) is 0 Å². The number of unbranched alkanes of at least 4 members (excludes halogenated alkanes) is 1. The van der Waals surface area contributed by atoms with Gasteiger partial charge in [-0.1, -0.05) is 13.3 Å². The molecule has 0 spiro atoms. The van der Waals surface area contributed by atoms with Gasteiger partial charge in [0.05, 0.1) is 5.69 Å². The van der Waals surface area contributed by atoms with E-state index in [4.69, 9.17) is 0 Å². The SMILES string of the molecule is CCCCNC(=O)c1ccc(NC(=O)N2CCSc3nc(C)cc(C)c32)cc1. The second kappa shape index (κ2) is 9.10. The molecular formula is C21H26N4O2S. The van der Waals surface area contributed by atoms with Crippen LogP contribution in [0.1, 0.15) is 41.4 Å². The summed E-state index contributed by atoms with van der Waals surface area (Å²) < 4.78 is 0. The Morgan fingerprint density at radius 1 is 1.21 bits per heavy atom. The van der Waals surface area contributed by atoms with Crippen LogP contribution in [0, 0.1) is 13.8 Å². The molecule has 1 aliphatic heterocycles. The lowest BCUT2D eigenvalue weighted by atomic mass is 10.2. The molecule has 6 nitrogen and oxygen atoms in total. The average Bonchev–Trinajstić information content (AvgIpc) is 2.68. The van der Waals surface area contributed by atoms with Crippen molar-refractivity contribution in [2.45, 2.75) is 38.6 Å². The molecule has 3 rings (SSSR count). The van der Waals surface area contributed by atoms with Gasteiger partial charge in [0.15, 0.2) is 0 Å². The number of hydrogen-bond acceptors (Lipinski definition) is 4. The Balaban J connectivity index is 1.68. The summed E-state index contributed by atoms with van der Waals surface area (Å²) in [6, 6.07) is 8.78. The first-order valence-corrected chi connectivity index (χ1v) is 10.6. The summed E-state index contributed by atoms with van der Waals surface area (Å²) in [4.78, 5) is 31.3. The zero-order valence-corrected chi connectivity index (χ0v) is 17.4. The molecule has 0 fully saturated rings. The van der Waals surface area contributed by atoms with Crippen molar-refractivity contribution in [3.05, 3.63) is 47.2 Å². The Bertz CT molecular complexity index is 867. The zero-order chi connectivity index (χ0) is 20.1. The molecule has 7 heteroatoms. The molecule has 0 bridgehead atoms. The van der Waals surface area contributed by atoms with E-state index in [2.05, 4.69) is 22.5 Å². The van der Waals surface area contributed by atoms with Crippen LogP contribution in [0.15, 0.2) is 35.4 Å². The molecule has 148 valence electrons. The number of nitrogens with zero attached hydrogens (tertiary/aromatic N) is 2. The summed E-state index contributed by atoms with van der Waals surface area (Å²) >= 11 is 1.68. The number of pyridine rings is 1. The first kappa shape index (κ1) is 20.2. The molecule has 3 amide bonds. The van der Waals surface area contributed by atoms with Crippen LogP contribution < -0.4 is 15.5 Å². The molecule has 0 unspecified atom stereocenters. The number of benzene rings is 1. The molecular weight excluding hydrogens is 372 g/mol. The molecule has 0 saturated carbocycles. The van der Waals surface area contributed by atoms with Gasteiger partial charge < -0.3 is 10.6 Å². The summed E-state index contributed by atoms with van der Waals surface area (Å²) in [5.74, 6) is 0.720. The summed E-state index contributed by atoms with van der Waals surface area (Å²) in [5.41, 5.74) is 4.13. The van der Waals surface area contributed by atoms with Gasteiger partial charge in [-0.05, 0) is 56.2 Å². The van der Waals surface area contributed by atoms with Crippen LogP contribution in [-0.2, 0) is 0 Å². The lowest BCUT2D eigenvalue weighted by Gasteiger charge is -2.30. The number of amides is 3. The fourth-order valence-electron chi connectivity index (χ4n) is 3.15. The number of carbonyl (C=O) groups is 2. The number of aryl methyl sites for hydroxylation is 2. The maximum Gasteiger partial charge on any atom is 0.326 e. The van der Waals surface area contributed by atoms with E-state index in [1.165, 1.54) is 0 Å². The largest absolute Gasteiger partial charge is 0.352 e. The van der Waals surface area contributed by atoms with Gasteiger partial charge >= 0.3 is 6.03 Å². The van der Waals surface area contributed by atoms with Crippen molar-refractivity contribution in [2.75, 3.05) is 29.1 Å². The van der Waals surface area contributed by atoms with Gasteiger partial charge in [0.2, 0.25) is 0 Å². The minimum atomic E-state index is -0.185. The number of thioether (sulfide) groups is 1. The topological polar surface area (TPSA) is 74.3 Å². The quantitative estimate of drug-likeness (QED) is 0.734. The third kappa shape index (κ3) is 4.65. The smallest absolute Gasteiger partial charge is 0.326 e. The third-order valence-electron chi connectivity index (χ3n) is 4.56. The number of urea groups is 1. The molecule has 2 heterocycles. The first-order valence-electron chi connectivity index (χ1n) is 9.57. The van der Waals surface area contributed by atoms with Crippen molar-refractivity contribution in [3.63, 3.8) is 0 Å². The van der Waals surface area contributed by atoms with Crippen LogP contribution in [-0.4, -0.2) is 35.8 Å². The first-order chi connectivity index (χ1) is 13.5. The Hall–Kier alpha value is -2.54. The Labute approximate surface area is 170 Å². The van der Waals surface area contributed by atoms with E-state index in [-0.39, 0.29) is 11.9 Å². The minimum Gasteiger partial charge on any atom is -0.352 e. The van der Waals surface area contributed by atoms with Crippen molar-refractivity contribution < 1.29 is 9.59 Å². The molecule has 28 heavy (non-hydrogen) atoms. The van der Waals surface area contributed by atoms with Crippen molar-refractivity contribution in [1.29, 1.82) is 0 Å². The standard InChI is InChI=1S/C21H26N4O2S/c1-4-5-10-22-19(26)16-6-8-17(9-7-16)24-21(27)25-11-12-28-20-18(25)14(2)13-15(3)23-20/h6-9,13H,4-5,10-12H2,1-3H3,(H,22,26)(H,24,27). The summed E-state index contributed by atoms with van der Waals surface area (Å²) in [6.45, 7) is 7.36. The Morgan fingerprint density at radius 3 is 2.68 bits per heavy atom. The molecule has 1 aromatic heterocycles. The number of aromatic nitrogens is 1. The van der Waals surface area contributed by atoms with Crippen molar-refractivity contribution in [2.24, 2.45) is 0 Å². The average molecular weight is 399 g/mol. The van der Waals surface area contributed by atoms with E-state index in [1.807, 2.05) is 19.9 Å². The minimum absolute atomic E-state index is 0.0922. The number of hydrogen-bond donors (Lipinski definition) is 2. The highest BCUT2D eigenvalue weighted by molar-refractivity contribution is 7.99. The van der Waals surface area contributed by atoms with E-state index in [0.29, 0.717) is 24.3 Å². The van der Waals surface area contributed by atoms with E-state index >= 15 is 0 Å². The Morgan fingerprint density at radius 2 is 1.96 bits per heavy atom. The monoisotopic (exact) mass is 398 g/mol. The van der Waals surface area contributed by atoms with Crippen LogP contribution in [0.3, 0.4) is 0 Å². The van der Waals surface area contributed by atoms with Gasteiger partial charge in [-0.25, -0.2) is 9.78 Å². The molecule has 2 N–H and O–H groups in total. The maximum atomic E-state index is 12.9. The molecule has 0 atom stereocenters. The highest BCUT2D eigenvalue weighted by Crippen LogP contribution is 2.36. The normalized spacial score (nSPS) is 13.0. The zero-order valence-electron chi connectivity index (χ0n) is 16.5. The van der Waals surface area contributed by atoms with Gasteiger partial charge in [-0.3, -0.25) is 9.69 Å². The molecule has 0 saturated heterocycles. The third-order valence-corrected chi connectivity index (χ3v) is 5.51. The number of carbonyl (C=O) groups excluding carboxylic acids is 2. The fraction of sp³-hybridized carbons (Fsp3) is 0.381. The van der Waals surface area contributed by atoms with Crippen LogP contribution in [0.25, 0.3) is 0 Å². The molecule has 1 aliphatic rings. The lowest BCUT2D eigenvalue weighted by Crippen LogP contribution is -2.39. The van der Waals surface area contributed by atoms with Gasteiger partial charge in [0.1, 0.15) is 5.03 Å². The highest BCUT2D eigenvalue weighted by atomic mass is 32.2. The number of nitrogens with one attached hydrogen (secondary N) is 2. The molecule has 0 aliphatic carbocycles. The summed E-state index contributed by atoms with van der Waals surface area (Å²) in [7, 11) is 0. The van der Waals surface area contributed by atoms with Crippen LogP contribution in [0.4, 0.5) is 16.2 Å². The second-order valence-electron chi connectivity index (χ2n) is 6.85. The molecule has 2 aromatic rings. The van der Waals surface area contributed by atoms with Gasteiger partial charge in [0, 0.05) is 35.8 Å². The predicted molar refractivity (Wildman–Crippen MR) is 114 cm³/mol. The van der Waals surface area contributed by atoms with Crippen LogP contribution in [0.2, 0.25) is 0 Å². The summed E-state index contributed by atoms with van der Waals surface area (Å²) in [5, 5.41) is 6.72. The number of anilines is 2. The van der Waals surface area contributed by atoms with Crippen molar-refractivity contribution in [3.8, 4) is 0 Å². The van der Waals surface area contributed by atoms with E-state index in [1.54, 1.807) is 40.9 Å². The second-order valence-corrected chi connectivity index (χ2v) is 7.93. The van der Waals surface area contributed by atoms with Gasteiger partial charge in [-0.15, -0.1) is 11.8 Å². The number of fused-ring (bicyclic) bond motifs is 1. The van der Waals surface area contributed by atoms with Crippen molar-refractivity contribution in [1.82, 2.24) is 10.3 Å². The van der Waals surface area contributed by atoms with Gasteiger partial charge in [-0.2, -0.15) is 0 Å². The number of rotatable bonds is 5. The summed E-state index contributed by atoms with van der Waals surface area (Å²) in [6.07, 6.45) is 2.00. The van der Waals surface area contributed by atoms with Gasteiger partial charge in [0.25, 0.3) is 5.91 Å². The predicted octanol–water partition coefficient (Wildman–Crippen LogP) is 4.37. The fourth-order valence-corrected chi connectivity index (χ4v) is 4.23. The van der Waals surface area contributed by atoms with Crippen LogP contribution >= 0.6 is 11.8 Å². The van der Waals surface area contributed by atoms with E-state index in [9.17, 15) is 9.59 Å². The molecule has 0 radical (unpaired) electrons. The lowest BCUT2D eigenvalue weighted by molar-refractivity contribution is 0.0953. The van der Waals surface area contributed by atoms with E-state index < -0.39 is 0 Å². The molecule has 1 aromatic carbocycles. The highest BCUT2D eigenvalue weighted by Gasteiger charge is 2.26. The maximum absolute atomic E-state index is 12.9. The van der Waals surface area contributed by atoms with E-state index in [0.717, 1.165) is 40.6 Å².